The van der Waals surface area contributed by atoms with Gasteiger partial charge in [-0.1, -0.05) is 0 Å². The molecule has 0 aliphatic carbocycles. The fraction of sp³-hybridized carbons (Fsp3) is 1.00. The summed E-state index contributed by atoms with van der Waals surface area (Å²) >= 11 is 0. The molecule has 0 radical (unpaired) electrons. The average molecular weight is 263 g/mol. The van der Waals surface area contributed by atoms with Crippen molar-refractivity contribution >= 4 is 9.84 Å². The second-order valence-corrected chi connectivity index (χ2v) is 7.90. The largest absolute Gasteiger partial charge is 0.394 e. The van der Waals surface area contributed by atoms with E-state index in [1.165, 1.54) is 0 Å². The minimum Gasteiger partial charge on any atom is -0.394 e. The highest BCUT2D eigenvalue weighted by atomic mass is 32.2. The third kappa shape index (κ3) is 3.19. The molecule has 2 fully saturated rings. The van der Waals surface area contributed by atoms with Crippen LogP contribution >= 0.6 is 0 Å². The molecule has 0 amide bonds. The summed E-state index contributed by atoms with van der Waals surface area (Å²) in [4.78, 5) is 2.16. The molecule has 2 aliphatic rings. The molecule has 0 aromatic carbocycles. The standard InChI is InChI=1S/C11H21NO4S/c1-11(2)8-12(5-10(6-13)16-11)9-3-4-17(14,15)7-9/h9-10,13H,3-8H2,1-2H3. The number of sulfone groups is 1. The minimum absolute atomic E-state index is 0.0145. The van der Waals surface area contributed by atoms with Crippen LogP contribution in [-0.2, 0) is 14.6 Å². The number of aliphatic hydroxyl groups is 1. The summed E-state index contributed by atoms with van der Waals surface area (Å²) in [6.07, 6.45) is 0.498. The quantitative estimate of drug-likeness (QED) is 0.737. The molecule has 0 aromatic rings. The number of aliphatic hydroxyl groups excluding tert-OH is 1. The molecule has 2 atom stereocenters. The molecule has 0 aromatic heterocycles. The van der Waals surface area contributed by atoms with E-state index >= 15 is 0 Å². The molecule has 17 heavy (non-hydrogen) atoms. The van der Waals surface area contributed by atoms with E-state index in [0.29, 0.717) is 18.7 Å². The fourth-order valence-corrected chi connectivity index (χ4v) is 4.54. The molecule has 2 aliphatic heterocycles. The van der Waals surface area contributed by atoms with E-state index in [4.69, 9.17) is 4.74 Å². The maximum Gasteiger partial charge on any atom is 0.151 e. The Morgan fingerprint density at radius 1 is 1.47 bits per heavy atom. The molecule has 0 saturated carbocycles. The molecule has 2 saturated heterocycles. The Kier molecular flexibility index (Phi) is 3.51. The van der Waals surface area contributed by atoms with Gasteiger partial charge in [-0.2, -0.15) is 0 Å². The predicted octanol–water partition coefficient (Wildman–Crippen LogP) is -0.355. The van der Waals surface area contributed by atoms with Crippen molar-refractivity contribution in [1.82, 2.24) is 4.90 Å². The van der Waals surface area contributed by atoms with Gasteiger partial charge in [0.25, 0.3) is 0 Å². The zero-order valence-corrected chi connectivity index (χ0v) is 11.2. The van der Waals surface area contributed by atoms with Gasteiger partial charge in [-0.3, -0.25) is 4.90 Å². The van der Waals surface area contributed by atoms with Gasteiger partial charge in [0.1, 0.15) is 0 Å². The third-order valence-corrected chi connectivity index (χ3v) is 5.19. The molecule has 100 valence electrons. The topological polar surface area (TPSA) is 66.8 Å². The normalized spacial score (nSPS) is 37.1. The van der Waals surface area contributed by atoms with Crippen LogP contribution in [0.3, 0.4) is 0 Å². The van der Waals surface area contributed by atoms with Crippen LogP contribution in [-0.4, -0.2) is 67.4 Å². The number of morpholine rings is 1. The molecule has 1 N–H and O–H groups in total. The van der Waals surface area contributed by atoms with Crippen LogP contribution in [0.1, 0.15) is 20.3 Å². The molecule has 2 unspecified atom stereocenters. The highest BCUT2D eigenvalue weighted by Crippen LogP contribution is 2.26. The van der Waals surface area contributed by atoms with Crippen LogP contribution in [0.5, 0.6) is 0 Å². The Morgan fingerprint density at radius 3 is 2.71 bits per heavy atom. The molecular formula is C11H21NO4S. The lowest BCUT2D eigenvalue weighted by Crippen LogP contribution is -2.57. The van der Waals surface area contributed by atoms with Gasteiger partial charge in [-0.05, 0) is 20.3 Å². The maximum absolute atomic E-state index is 11.5. The van der Waals surface area contributed by atoms with E-state index < -0.39 is 9.84 Å². The first-order valence-corrected chi connectivity index (χ1v) is 7.87. The Balaban J connectivity index is 2.06. The number of hydrogen-bond donors (Lipinski definition) is 1. The Bertz CT molecular complexity index is 379. The fourth-order valence-electron chi connectivity index (χ4n) is 2.78. The summed E-state index contributed by atoms with van der Waals surface area (Å²) < 4.78 is 28.7. The number of ether oxygens (including phenoxy) is 1. The SMILES string of the molecule is CC1(C)CN(C2CCS(=O)(=O)C2)CC(CO)O1. The molecule has 2 rings (SSSR count). The highest BCUT2D eigenvalue weighted by Gasteiger charge is 2.40. The van der Waals surface area contributed by atoms with Crippen molar-refractivity contribution in [1.29, 1.82) is 0 Å². The maximum atomic E-state index is 11.5. The summed E-state index contributed by atoms with van der Waals surface area (Å²) in [5, 5.41) is 9.22. The number of nitrogens with zero attached hydrogens (tertiary/aromatic N) is 1. The van der Waals surface area contributed by atoms with Crippen LogP contribution in [0.2, 0.25) is 0 Å². The first-order valence-electron chi connectivity index (χ1n) is 6.04. The minimum atomic E-state index is -2.85. The van der Waals surface area contributed by atoms with E-state index in [-0.39, 0.29) is 30.1 Å². The van der Waals surface area contributed by atoms with E-state index in [1.807, 2.05) is 13.8 Å². The summed E-state index contributed by atoms with van der Waals surface area (Å²) in [7, 11) is -2.85. The van der Waals surface area contributed by atoms with Crippen molar-refractivity contribution in [3.63, 3.8) is 0 Å². The second kappa shape index (κ2) is 4.50. The molecular weight excluding hydrogens is 242 g/mol. The van der Waals surface area contributed by atoms with Gasteiger partial charge in [0, 0.05) is 19.1 Å². The summed E-state index contributed by atoms with van der Waals surface area (Å²) in [6.45, 7) is 5.29. The van der Waals surface area contributed by atoms with Gasteiger partial charge in [-0.25, -0.2) is 8.42 Å². The zero-order valence-electron chi connectivity index (χ0n) is 10.4. The summed E-state index contributed by atoms with van der Waals surface area (Å²) in [5.41, 5.74) is -0.321. The van der Waals surface area contributed by atoms with Crippen LogP contribution in [0.4, 0.5) is 0 Å². The lowest BCUT2D eigenvalue weighted by molar-refractivity contribution is -0.155. The summed E-state index contributed by atoms with van der Waals surface area (Å²) in [6, 6.07) is 0.0947. The molecule has 0 bridgehead atoms. The first kappa shape index (κ1) is 13.3. The number of rotatable bonds is 2. The van der Waals surface area contributed by atoms with Gasteiger partial charge in [0.2, 0.25) is 0 Å². The van der Waals surface area contributed by atoms with Crippen molar-refractivity contribution < 1.29 is 18.3 Å². The molecule has 0 spiro atoms. The Labute approximate surface area is 103 Å². The van der Waals surface area contributed by atoms with Crippen LogP contribution in [0.25, 0.3) is 0 Å². The predicted molar refractivity (Wildman–Crippen MR) is 64.7 cm³/mol. The van der Waals surface area contributed by atoms with Crippen LogP contribution in [0.15, 0.2) is 0 Å². The van der Waals surface area contributed by atoms with E-state index in [0.717, 1.165) is 6.54 Å². The zero-order chi connectivity index (χ0) is 12.7. The molecule has 5 nitrogen and oxygen atoms in total. The van der Waals surface area contributed by atoms with Crippen LogP contribution in [0, 0.1) is 0 Å². The first-order chi connectivity index (χ1) is 7.81. The van der Waals surface area contributed by atoms with E-state index in [9.17, 15) is 13.5 Å². The van der Waals surface area contributed by atoms with Crippen molar-refractivity contribution in [3.05, 3.63) is 0 Å². The lowest BCUT2D eigenvalue weighted by atomic mass is 10.0. The van der Waals surface area contributed by atoms with Gasteiger partial charge in [0.15, 0.2) is 9.84 Å². The molecule has 6 heteroatoms. The van der Waals surface area contributed by atoms with E-state index in [1.54, 1.807) is 0 Å². The van der Waals surface area contributed by atoms with Gasteiger partial charge in [-0.15, -0.1) is 0 Å². The third-order valence-electron chi connectivity index (χ3n) is 3.44. The van der Waals surface area contributed by atoms with Gasteiger partial charge < -0.3 is 9.84 Å². The monoisotopic (exact) mass is 263 g/mol. The second-order valence-electron chi connectivity index (χ2n) is 5.67. The summed E-state index contributed by atoms with van der Waals surface area (Å²) in [5.74, 6) is 0.542. The molecule has 2 heterocycles. The van der Waals surface area contributed by atoms with Crippen LogP contribution < -0.4 is 0 Å². The van der Waals surface area contributed by atoms with Gasteiger partial charge in [0.05, 0.1) is 29.8 Å². The van der Waals surface area contributed by atoms with Crippen molar-refractivity contribution in [2.75, 3.05) is 31.2 Å². The Hall–Kier alpha value is -0.170. The average Bonchev–Trinajstić information content (AvgIpc) is 2.56. The van der Waals surface area contributed by atoms with Crippen molar-refractivity contribution in [2.24, 2.45) is 0 Å². The highest BCUT2D eigenvalue weighted by molar-refractivity contribution is 7.91. The van der Waals surface area contributed by atoms with Gasteiger partial charge >= 0.3 is 0 Å². The lowest BCUT2D eigenvalue weighted by Gasteiger charge is -2.44. The number of hydrogen-bond acceptors (Lipinski definition) is 5. The smallest absolute Gasteiger partial charge is 0.151 e. The van der Waals surface area contributed by atoms with E-state index in [2.05, 4.69) is 4.90 Å². The van der Waals surface area contributed by atoms with Crippen molar-refractivity contribution in [3.8, 4) is 0 Å². The van der Waals surface area contributed by atoms with Crippen molar-refractivity contribution in [2.45, 2.75) is 38.0 Å². The Morgan fingerprint density at radius 2 is 2.18 bits per heavy atom.